The molecule has 0 bridgehead atoms. The maximum absolute atomic E-state index is 11.7. The van der Waals surface area contributed by atoms with E-state index in [-0.39, 0.29) is 5.91 Å². The highest BCUT2D eigenvalue weighted by Crippen LogP contribution is 2.16. The molecule has 0 saturated carbocycles. The first kappa shape index (κ1) is 16.0. The van der Waals surface area contributed by atoms with Gasteiger partial charge in [-0.1, -0.05) is 28.1 Å². The van der Waals surface area contributed by atoms with Crippen molar-refractivity contribution in [1.29, 1.82) is 0 Å². The summed E-state index contributed by atoms with van der Waals surface area (Å²) >= 11 is 3.29. The monoisotopic (exact) mass is 326 g/mol. The van der Waals surface area contributed by atoms with Gasteiger partial charge >= 0.3 is 0 Å². The van der Waals surface area contributed by atoms with Crippen LogP contribution in [0.4, 0.5) is 5.69 Å². The molecule has 3 nitrogen and oxygen atoms in total. The van der Waals surface area contributed by atoms with Gasteiger partial charge in [0.25, 0.3) is 0 Å². The van der Waals surface area contributed by atoms with Crippen LogP contribution in [-0.4, -0.2) is 36.3 Å². The van der Waals surface area contributed by atoms with Crippen molar-refractivity contribution < 1.29 is 4.79 Å². The number of alkyl halides is 1. The van der Waals surface area contributed by atoms with Crippen LogP contribution in [0.1, 0.15) is 25.8 Å². The van der Waals surface area contributed by atoms with E-state index in [1.807, 2.05) is 7.05 Å². The van der Waals surface area contributed by atoms with Crippen LogP contribution >= 0.6 is 15.9 Å². The van der Waals surface area contributed by atoms with Gasteiger partial charge in [0, 0.05) is 44.1 Å². The topological polar surface area (TPSA) is 23.6 Å². The van der Waals surface area contributed by atoms with E-state index in [2.05, 4.69) is 58.9 Å². The average molecular weight is 327 g/mol. The molecular formula is C15H23BrN2O. The third-order valence-corrected chi connectivity index (χ3v) is 3.62. The minimum Gasteiger partial charge on any atom is -0.372 e. The van der Waals surface area contributed by atoms with Crippen molar-refractivity contribution in [3.8, 4) is 0 Å². The summed E-state index contributed by atoms with van der Waals surface area (Å²) in [4.78, 5) is 15.8. The molecule has 0 unspecified atom stereocenters. The largest absolute Gasteiger partial charge is 0.372 e. The van der Waals surface area contributed by atoms with Crippen molar-refractivity contribution in [3.05, 3.63) is 29.8 Å². The smallest absolute Gasteiger partial charge is 0.223 e. The van der Waals surface area contributed by atoms with Crippen LogP contribution in [0.25, 0.3) is 0 Å². The first-order chi connectivity index (χ1) is 9.12. The number of halogens is 1. The molecule has 0 saturated heterocycles. The minimum absolute atomic E-state index is 0.171. The van der Waals surface area contributed by atoms with E-state index in [1.54, 1.807) is 4.90 Å². The number of hydrogen-bond donors (Lipinski definition) is 0. The van der Waals surface area contributed by atoms with Gasteiger partial charge < -0.3 is 9.80 Å². The molecule has 0 N–H and O–H groups in total. The zero-order valence-corrected chi connectivity index (χ0v) is 13.6. The molecule has 0 aromatic heterocycles. The van der Waals surface area contributed by atoms with Gasteiger partial charge in [-0.2, -0.15) is 0 Å². The second kappa shape index (κ2) is 8.20. The van der Waals surface area contributed by atoms with Gasteiger partial charge in [-0.3, -0.25) is 4.79 Å². The highest BCUT2D eigenvalue weighted by Gasteiger charge is 2.08. The second-order valence-corrected chi connectivity index (χ2v) is 5.32. The Labute approximate surface area is 124 Å². The molecule has 0 fully saturated rings. The van der Waals surface area contributed by atoms with Crippen molar-refractivity contribution in [1.82, 2.24) is 4.90 Å². The van der Waals surface area contributed by atoms with Crippen molar-refractivity contribution in [2.75, 3.05) is 30.4 Å². The van der Waals surface area contributed by atoms with Gasteiger partial charge in [0.05, 0.1) is 0 Å². The molecule has 0 aliphatic heterocycles. The summed E-state index contributed by atoms with van der Waals surface area (Å²) in [6, 6.07) is 8.47. The Hall–Kier alpha value is -1.03. The van der Waals surface area contributed by atoms with E-state index in [4.69, 9.17) is 0 Å². The predicted molar refractivity (Wildman–Crippen MR) is 84.9 cm³/mol. The third-order valence-electron chi connectivity index (χ3n) is 3.22. The number of hydrogen-bond acceptors (Lipinski definition) is 2. The standard InChI is InChI=1S/C15H23BrN2O/c1-4-18(5-2)14-8-6-13(7-9-14)12-17(3)15(19)10-11-16/h6-9H,4-5,10-12H2,1-3H3. The SMILES string of the molecule is CCN(CC)c1ccc(CN(C)C(=O)CCBr)cc1. The van der Waals surface area contributed by atoms with Crippen molar-refractivity contribution in [2.24, 2.45) is 0 Å². The summed E-state index contributed by atoms with van der Waals surface area (Å²) in [6.45, 7) is 7.01. The number of nitrogens with zero attached hydrogens (tertiary/aromatic N) is 2. The van der Waals surface area contributed by atoms with Crippen LogP contribution in [0.15, 0.2) is 24.3 Å². The summed E-state index contributed by atoms with van der Waals surface area (Å²) in [5, 5.41) is 0.719. The first-order valence-corrected chi connectivity index (χ1v) is 7.88. The molecule has 1 aromatic carbocycles. The Morgan fingerprint density at radius 1 is 1.16 bits per heavy atom. The Morgan fingerprint density at radius 2 is 1.74 bits per heavy atom. The number of carbonyl (C=O) groups is 1. The molecule has 0 atom stereocenters. The predicted octanol–water partition coefficient (Wildman–Crippen LogP) is 3.28. The van der Waals surface area contributed by atoms with Gasteiger partial charge in [0.1, 0.15) is 0 Å². The Bertz CT molecular complexity index is 388. The number of carbonyl (C=O) groups excluding carboxylic acids is 1. The molecule has 1 rings (SSSR count). The molecule has 4 heteroatoms. The van der Waals surface area contributed by atoms with E-state index in [9.17, 15) is 4.79 Å². The van der Waals surface area contributed by atoms with Gasteiger partial charge in [-0.15, -0.1) is 0 Å². The Morgan fingerprint density at radius 3 is 2.21 bits per heavy atom. The van der Waals surface area contributed by atoms with E-state index < -0.39 is 0 Å². The molecule has 0 aliphatic carbocycles. The second-order valence-electron chi connectivity index (χ2n) is 4.53. The molecule has 1 aromatic rings. The maximum atomic E-state index is 11.7. The lowest BCUT2D eigenvalue weighted by Crippen LogP contribution is -2.26. The van der Waals surface area contributed by atoms with E-state index in [0.717, 1.165) is 18.4 Å². The Balaban J connectivity index is 2.64. The lowest BCUT2D eigenvalue weighted by Gasteiger charge is -2.22. The van der Waals surface area contributed by atoms with Crippen LogP contribution in [0, 0.1) is 0 Å². The summed E-state index contributed by atoms with van der Waals surface area (Å²) in [5.74, 6) is 0.171. The lowest BCUT2D eigenvalue weighted by molar-refractivity contribution is -0.129. The van der Waals surface area contributed by atoms with Crippen LogP contribution in [0.3, 0.4) is 0 Å². The zero-order valence-electron chi connectivity index (χ0n) is 12.0. The van der Waals surface area contributed by atoms with Gasteiger partial charge in [0.15, 0.2) is 0 Å². The highest BCUT2D eigenvalue weighted by atomic mass is 79.9. The molecule has 19 heavy (non-hydrogen) atoms. The van der Waals surface area contributed by atoms with Crippen LogP contribution < -0.4 is 4.90 Å². The number of benzene rings is 1. The summed E-state index contributed by atoms with van der Waals surface area (Å²) in [5.41, 5.74) is 2.41. The maximum Gasteiger partial charge on any atom is 0.223 e. The molecule has 0 heterocycles. The molecule has 0 radical (unpaired) electrons. The lowest BCUT2D eigenvalue weighted by atomic mass is 10.2. The van der Waals surface area contributed by atoms with Crippen LogP contribution in [-0.2, 0) is 11.3 Å². The quantitative estimate of drug-likeness (QED) is 0.718. The fraction of sp³-hybridized carbons (Fsp3) is 0.533. The summed E-state index contributed by atoms with van der Waals surface area (Å²) < 4.78 is 0. The fourth-order valence-electron chi connectivity index (χ4n) is 2.03. The Kier molecular flexibility index (Phi) is 6.92. The van der Waals surface area contributed by atoms with Crippen molar-refractivity contribution in [3.63, 3.8) is 0 Å². The van der Waals surface area contributed by atoms with Crippen molar-refractivity contribution in [2.45, 2.75) is 26.8 Å². The summed E-state index contributed by atoms with van der Waals surface area (Å²) in [7, 11) is 1.85. The molecule has 0 spiro atoms. The van der Waals surface area contributed by atoms with Gasteiger partial charge in [-0.05, 0) is 31.5 Å². The third kappa shape index (κ3) is 4.86. The number of amides is 1. The zero-order chi connectivity index (χ0) is 14.3. The average Bonchev–Trinajstić information content (AvgIpc) is 2.42. The molecule has 0 aliphatic rings. The van der Waals surface area contributed by atoms with Crippen molar-refractivity contribution >= 4 is 27.5 Å². The summed E-state index contributed by atoms with van der Waals surface area (Å²) in [6.07, 6.45) is 0.550. The first-order valence-electron chi connectivity index (χ1n) is 6.76. The van der Waals surface area contributed by atoms with E-state index in [1.165, 1.54) is 11.3 Å². The van der Waals surface area contributed by atoms with Crippen LogP contribution in [0.5, 0.6) is 0 Å². The van der Waals surface area contributed by atoms with E-state index >= 15 is 0 Å². The van der Waals surface area contributed by atoms with E-state index in [0.29, 0.717) is 13.0 Å². The molecule has 1 amide bonds. The van der Waals surface area contributed by atoms with Crippen LogP contribution in [0.2, 0.25) is 0 Å². The molecular weight excluding hydrogens is 304 g/mol. The van der Waals surface area contributed by atoms with Gasteiger partial charge in [0.2, 0.25) is 5.91 Å². The van der Waals surface area contributed by atoms with Gasteiger partial charge in [-0.25, -0.2) is 0 Å². The minimum atomic E-state index is 0.171. The normalized spacial score (nSPS) is 10.3. The highest BCUT2D eigenvalue weighted by molar-refractivity contribution is 9.09. The number of anilines is 1. The molecule has 106 valence electrons. The number of rotatable bonds is 7. The fourth-order valence-corrected chi connectivity index (χ4v) is 2.37.